The Labute approximate surface area is 191 Å². The SMILES string of the molecule is Cc1cc(C)c2onc(CC(=O)N3CCC4(CC3)CC(=O)c3cc(Cl)cc(C)c3O4)c2c1. The monoisotopic (exact) mass is 452 g/mol. The Morgan fingerprint density at radius 1 is 1.12 bits per heavy atom. The van der Waals surface area contributed by atoms with E-state index in [2.05, 4.69) is 5.16 Å². The molecule has 0 radical (unpaired) electrons. The van der Waals surface area contributed by atoms with Gasteiger partial charge in [0.1, 0.15) is 17.0 Å². The number of ether oxygens (including phenoxy) is 1. The lowest BCUT2D eigenvalue weighted by Gasteiger charge is -2.44. The summed E-state index contributed by atoms with van der Waals surface area (Å²) in [5.41, 5.74) is 4.39. The van der Waals surface area contributed by atoms with Gasteiger partial charge >= 0.3 is 0 Å². The van der Waals surface area contributed by atoms with E-state index in [4.69, 9.17) is 20.9 Å². The Morgan fingerprint density at radius 3 is 2.62 bits per heavy atom. The van der Waals surface area contributed by atoms with Gasteiger partial charge in [-0.15, -0.1) is 0 Å². The van der Waals surface area contributed by atoms with Gasteiger partial charge in [0.25, 0.3) is 0 Å². The van der Waals surface area contributed by atoms with Gasteiger partial charge in [0, 0.05) is 36.3 Å². The van der Waals surface area contributed by atoms with Crippen molar-refractivity contribution < 1.29 is 18.8 Å². The molecule has 32 heavy (non-hydrogen) atoms. The number of amides is 1. The zero-order valence-electron chi connectivity index (χ0n) is 18.5. The van der Waals surface area contributed by atoms with Crippen LogP contribution in [0.2, 0.25) is 5.02 Å². The molecule has 0 bridgehead atoms. The van der Waals surface area contributed by atoms with Gasteiger partial charge in [0.15, 0.2) is 11.4 Å². The second-order valence-electron chi connectivity index (χ2n) is 9.13. The molecule has 0 atom stereocenters. The van der Waals surface area contributed by atoms with E-state index in [1.807, 2.05) is 43.9 Å². The smallest absolute Gasteiger partial charge is 0.228 e. The Morgan fingerprint density at radius 2 is 1.88 bits per heavy atom. The van der Waals surface area contributed by atoms with Gasteiger partial charge in [0.05, 0.1) is 18.4 Å². The van der Waals surface area contributed by atoms with Crippen molar-refractivity contribution in [2.75, 3.05) is 13.1 Å². The van der Waals surface area contributed by atoms with E-state index < -0.39 is 5.60 Å². The average Bonchev–Trinajstić information content (AvgIpc) is 3.12. The fourth-order valence-corrected chi connectivity index (χ4v) is 5.25. The van der Waals surface area contributed by atoms with Crippen molar-refractivity contribution >= 4 is 34.3 Å². The topological polar surface area (TPSA) is 72.6 Å². The third kappa shape index (κ3) is 3.56. The number of halogens is 1. The molecule has 166 valence electrons. The molecule has 1 amide bonds. The Hall–Kier alpha value is -2.86. The lowest BCUT2D eigenvalue weighted by atomic mass is 9.82. The Kier molecular flexibility index (Phi) is 5.01. The zero-order chi connectivity index (χ0) is 22.6. The highest BCUT2D eigenvalue weighted by atomic mass is 35.5. The minimum atomic E-state index is -0.561. The van der Waals surface area contributed by atoms with Gasteiger partial charge in [-0.2, -0.15) is 0 Å². The van der Waals surface area contributed by atoms with Crippen LogP contribution >= 0.6 is 11.6 Å². The third-order valence-electron chi connectivity index (χ3n) is 6.66. The molecule has 0 unspecified atom stereocenters. The molecule has 3 aromatic rings. The van der Waals surface area contributed by atoms with Gasteiger partial charge in [-0.25, -0.2) is 0 Å². The molecule has 0 saturated carbocycles. The molecule has 2 aliphatic heterocycles. The number of likely N-dealkylation sites (tertiary alicyclic amines) is 1. The molecule has 5 rings (SSSR count). The first-order valence-corrected chi connectivity index (χ1v) is 11.3. The number of piperidine rings is 1. The minimum Gasteiger partial charge on any atom is -0.486 e. The first kappa shape index (κ1) is 21.0. The normalized spacial score (nSPS) is 17.5. The number of ketones is 1. The number of hydrogen-bond donors (Lipinski definition) is 0. The second-order valence-corrected chi connectivity index (χ2v) is 9.57. The summed E-state index contributed by atoms with van der Waals surface area (Å²) in [7, 11) is 0. The van der Waals surface area contributed by atoms with Crippen molar-refractivity contribution in [2.45, 2.75) is 52.1 Å². The molecular weight excluding hydrogens is 428 g/mol. The summed E-state index contributed by atoms with van der Waals surface area (Å²) in [5, 5.41) is 5.61. The first-order valence-electron chi connectivity index (χ1n) is 10.9. The van der Waals surface area contributed by atoms with E-state index in [1.165, 1.54) is 0 Å². The molecule has 6 nitrogen and oxygen atoms in total. The largest absolute Gasteiger partial charge is 0.486 e. The van der Waals surface area contributed by atoms with Gasteiger partial charge < -0.3 is 14.2 Å². The molecule has 3 heterocycles. The van der Waals surface area contributed by atoms with Crippen LogP contribution in [-0.4, -0.2) is 40.4 Å². The first-order chi connectivity index (χ1) is 15.2. The van der Waals surface area contributed by atoms with Crippen molar-refractivity contribution in [2.24, 2.45) is 0 Å². The quantitative estimate of drug-likeness (QED) is 0.548. The van der Waals surface area contributed by atoms with E-state index in [9.17, 15) is 9.59 Å². The van der Waals surface area contributed by atoms with Crippen molar-refractivity contribution in [3.63, 3.8) is 0 Å². The molecule has 2 aliphatic rings. The molecule has 1 fully saturated rings. The van der Waals surface area contributed by atoms with Crippen LogP contribution in [0.25, 0.3) is 11.0 Å². The van der Waals surface area contributed by atoms with Crippen molar-refractivity contribution in [3.05, 3.63) is 57.2 Å². The second kappa shape index (κ2) is 7.62. The van der Waals surface area contributed by atoms with Crippen LogP contribution in [0.3, 0.4) is 0 Å². The van der Waals surface area contributed by atoms with E-state index in [1.54, 1.807) is 6.07 Å². The van der Waals surface area contributed by atoms with E-state index in [-0.39, 0.29) is 18.1 Å². The molecule has 2 aromatic carbocycles. The Bertz CT molecular complexity index is 1250. The molecule has 1 spiro atoms. The number of aryl methyl sites for hydroxylation is 3. The van der Waals surface area contributed by atoms with Crippen LogP contribution in [-0.2, 0) is 11.2 Å². The minimum absolute atomic E-state index is 0.0136. The molecule has 1 saturated heterocycles. The van der Waals surface area contributed by atoms with Crippen LogP contribution in [0.4, 0.5) is 0 Å². The molecule has 1 aromatic heterocycles. The maximum absolute atomic E-state index is 13.0. The van der Waals surface area contributed by atoms with Gasteiger partial charge in [-0.05, 0) is 55.7 Å². The summed E-state index contributed by atoms with van der Waals surface area (Å²) in [4.78, 5) is 27.7. The summed E-state index contributed by atoms with van der Waals surface area (Å²) in [6, 6.07) is 7.56. The van der Waals surface area contributed by atoms with E-state index in [0.717, 1.165) is 27.7 Å². The third-order valence-corrected chi connectivity index (χ3v) is 6.88. The predicted octanol–water partition coefficient (Wildman–Crippen LogP) is 4.98. The van der Waals surface area contributed by atoms with Crippen LogP contribution in [0.1, 0.15) is 52.0 Å². The summed E-state index contributed by atoms with van der Waals surface area (Å²) >= 11 is 6.13. The molecular formula is C25H25ClN2O4. The summed E-state index contributed by atoms with van der Waals surface area (Å²) in [6.45, 7) is 7.00. The summed E-state index contributed by atoms with van der Waals surface area (Å²) < 4.78 is 11.9. The average molecular weight is 453 g/mol. The maximum atomic E-state index is 13.0. The molecule has 7 heteroatoms. The van der Waals surface area contributed by atoms with Crippen molar-refractivity contribution in [3.8, 4) is 5.75 Å². The fraction of sp³-hybridized carbons (Fsp3) is 0.400. The number of Topliss-reactive ketones (excluding diaryl/α,β-unsaturated/α-hetero) is 1. The molecule has 0 aliphatic carbocycles. The predicted molar refractivity (Wildman–Crippen MR) is 121 cm³/mol. The number of hydrogen-bond acceptors (Lipinski definition) is 5. The van der Waals surface area contributed by atoms with E-state index in [0.29, 0.717) is 54.4 Å². The van der Waals surface area contributed by atoms with Gasteiger partial charge in [-0.1, -0.05) is 22.8 Å². The summed E-state index contributed by atoms with van der Waals surface area (Å²) in [6.07, 6.45) is 1.74. The standard InChI is InChI=1S/C25H25ClN2O4/c1-14-8-15(2)24-18(9-14)20(27-32-24)12-22(30)28-6-4-25(5-7-28)13-21(29)19-11-17(26)10-16(3)23(19)31-25/h8-11H,4-7,12-13H2,1-3H3. The van der Waals surface area contributed by atoms with Crippen LogP contribution in [0.15, 0.2) is 28.8 Å². The van der Waals surface area contributed by atoms with E-state index >= 15 is 0 Å². The number of carbonyl (C=O) groups is 2. The number of fused-ring (bicyclic) bond motifs is 2. The zero-order valence-corrected chi connectivity index (χ0v) is 19.2. The lowest BCUT2D eigenvalue weighted by molar-refractivity contribution is -0.134. The summed E-state index contributed by atoms with van der Waals surface area (Å²) in [5.74, 6) is 0.696. The number of nitrogens with zero attached hydrogens (tertiary/aromatic N) is 2. The lowest BCUT2D eigenvalue weighted by Crippen LogP contribution is -2.52. The van der Waals surface area contributed by atoms with Crippen LogP contribution in [0, 0.1) is 20.8 Å². The van der Waals surface area contributed by atoms with Crippen molar-refractivity contribution in [1.29, 1.82) is 0 Å². The van der Waals surface area contributed by atoms with Crippen LogP contribution in [0.5, 0.6) is 5.75 Å². The number of aromatic nitrogens is 1. The Balaban J connectivity index is 1.30. The fourth-order valence-electron chi connectivity index (χ4n) is 4.98. The number of rotatable bonds is 2. The number of carbonyl (C=O) groups excluding carboxylic acids is 2. The number of benzene rings is 2. The van der Waals surface area contributed by atoms with Crippen molar-refractivity contribution in [1.82, 2.24) is 10.1 Å². The highest BCUT2D eigenvalue weighted by Gasteiger charge is 2.44. The molecule has 0 N–H and O–H groups in total. The highest BCUT2D eigenvalue weighted by molar-refractivity contribution is 6.31. The highest BCUT2D eigenvalue weighted by Crippen LogP contribution is 2.42. The van der Waals surface area contributed by atoms with Crippen LogP contribution < -0.4 is 4.74 Å². The van der Waals surface area contributed by atoms with Gasteiger partial charge in [-0.3, -0.25) is 9.59 Å². The maximum Gasteiger partial charge on any atom is 0.228 e. The van der Waals surface area contributed by atoms with Gasteiger partial charge in [0.2, 0.25) is 5.91 Å².